The highest BCUT2D eigenvalue weighted by Gasteiger charge is 2.44. The van der Waals surface area contributed by atoms with Crippen LogP contribution in [0.2, 0.25) is 0 Å². The van der Waals surface area contributed by atoms with Crippen LogP contribution in [-0.4, -0.2) is 80.1 Å². The first-order chi connectivity index (χ1) is 17.4. The summed E-state index contributed by atoms with van der Waals surface area (Å²) in [5.41, 5.74) is 2.41. The highest BCUT2D eigenvalue weighted by molar-refractivity contribution is 6.16. The molecule has 5 rings (SSSR count). The van der Waals surface area contributed by atoms with Gasteiger partial charge in [-0.15, -0.1) is 0 Å². The van der Waals surface area contributed by atoms with Crippen LogP contribution < -0.4 is 4.90 Å². The van der Waals surface area contributed by atoms with Crippen LogP contribution in [0.15, 0.2) is 70.3 Å². The maximum Gasteiger partial charge on any atom is 0.290 e. The van der Waals surface area contributed by atoms with Crippen LogP contribution in [0, 0.1) is 0 Å². The molecule has 1 aromatic heterocycles. The SMILES string of the molecule is CN(C)c1ccc(C2C(C(=O)c3cc4ccccc4o3)=C(O)C(=O)N2CCCN2CCOCC2)cc1. The molecular weight excluding hydrogens is 458 g/mol. The Hall–Kier alpha value is -3.62. The van der Waals surface area contributed by atoms with Crippen LogP contribution in [0.1, 0.15) is 28.6 Å². The number of para-hydroxylation sites is 1. The van der Waals surface area contributed by atoms with Gasteiger partial charge in [0.15, 0.2) is 11.5 Å². The summed E-state index contributed by atoms with van der Waals surface area (Å²) in [6, 6.07) is 16.0. The summed E-state index contributed by atoms with van der Waals surface area (Å²) >= 11 is 0. The zero-order chi connectivity index (χ0) is 25.2. The molecular formula is C28H31N3O5. The number of fused-ring (bicyclic) bond motifs is 1. The number of ether oxygens (including phenoxy) is 1. The van der Waals surface area contributed by atoms with E-state index in [9.17, 15) is 14.7 Å². The molecule has 1 amide bonds. The Morgan fingerprint density at radius 3 is 2.47 bits per heavy atom. The highest BCUT2D eigenvalue weighted by Crippen LogP contribution is 2.40. The lowest BCUT2D eigenvalue weighted by molar-refractivity contribution is -0.129. The predicted molar refractivity (Wildman–Crippen MR) is 137 cm³/mol. The van der Waals surface area contributed by atoms with Crippen molar-refractivity contribution in [3.63, 3.8) is 0 Å². The van der Waals surface area contributed by atoms with Crippen LogP contribution >= 0.6 is 0 Å². The smallest absolute Gasteiger partial charge is 0.290 e. The van der Waals surface area contributed by atoms with Crippen LogP contribution in [-0.2, 0) is 9.53 Å². The molecule has 2 aliphatic rings. The van der Waals surface area contributed by atoms with Gasteiger partial charge in [0, 0.05) is 51.3 Å². The van der Waals surface area contributed by atoms with Gasteiger partial charge < -0.3 is 24.1 Å². The van der Waals surface area contributed by atoms with Crippen molar-refractivity contribution in [2.45, 2.75) is 12.5 Å². The number of aliphatic hydroxyl groups is 1. The highest BCUT2D eigenvalue weighted by atomic mass is 16.5. The number of carbonyl (C=O) groups excluding carboxylic acids is 2. The first kappa shape index (κ1) is 24.1. The maximum absolute atomic E-state index is 13.7. The van der Waals surface area contributed by atoms with Crippen molar-refractivity contribution < 1.29 is 23.8 Å². The van der Waals surface area contributed by atoms with E-state index in [2.05, 4.69) is 4.90 Å². The van der Waals surface area contributed by atoms with Crippen LogP contribution in [0.5, 0.6) is 0 Å². The fourth-order valence-electron chi connectivity index (χ4n) is 4.93. The number of morpholine rings is 1. The number of rotatable bonds is 8. The minimum Gasteiger partial charge on any atom is -0.503 e. The molecule has 0 spiro atoms. The Bertz CT molecular complexity index is 1260. The van der Waals surface area contributed by atoms with Gasteiger partial charge in [-0.05, 0) is 36.2 Å². The monoisotopic (exact) mass is 489 g/mol. The minimum atomic E-state index is -0.695. The summed E-state index contributed by atoms with van der Waals surface area (Å²) in [5.74, 6) is -1.41. The van der Waals surface area contributed by atoms with Gasteiger partial charge in [-0.3, -0.25) is 14.5 Å². The van der Waals surface area contributed by atoms with Crippen molar-refractivity contribution in [2.24, 2.45) is 0 Å². The molecule has 3 heterocycles. The second-order valence-corrected chi connectivity index (χ2v) is 9.43. The summed E-state index contributed by atoms with van der Waals surface area (Å²) < 4.78 is 11.2. The third kappa shape index (κ3) is 4.62. The molecule has 1 atom stereocenters. The molecule has 1 fully saturated rings. The standard InChI is InChI=1S/C28H31N3O5/c1-29(2)21-10-8-19(9-11-21)25-24(26(32)23-18-20-6-3-4-7-22(20)36-23)27(33)28(34)31(25)13-5-12-30-14-16-35-17-15-30/h3-4,6-11,18,25,33H,5,12-17H2,1-2H3. The number of hydrogen-bond acceptors (Lipinski definition) is 7. The van der Waals surface area contributed by atoms with E-state index < -0.39 is 23.5 Å². The Labute approximate surface area is 210 Å². The summed E-state index contributed by atoms with van der Waals surface area (Å²) in [4.78, 5) is 32.8. The largest absolute Gasteiger partial charge is 0.503 e. The van der Waals surface area contributed by atoms with Crippen molar-refractivity contribution in [3.05, 3.63) is 77.3 Å². The number of furan rings is 1. The van der Waals surface area contributed by atoms with Crippen molar-refractivity contribution in [3.8, 4) is 0 Å². The number of nitrogens with zero attached hydrogens (tertiary/aromatic N) is 3. The van der Waals surface area contributed by atoms with E-state index in [1.165, 1.54) is 0 Å². The molecule has 0 saturated carbocycles. The number of carbonyl (C=O) groups is 2. The van der Waals surface area contributed by atoms with Gasteiger partial charge in [0.1, 0.15) is 5.58 Å². The van der Waals surface area contributed by atoms with Gasteiger partial charge in [0.05, 0.1) is 24.8 Å². The number of anilines is 1. The molecule has 8 nitrogen and oxygen atoms in total. The van der Waals surface area contributed by atoms with Gasteiger partial charge in [0.25, 0.3) is 5.91 Å². The van der Waals surface area contributed by atoms with Gasteiger partial charge in [-0.2, -0.15) is 0 Å². The Morgan fingerprint density at radius 1 is 1.06 bits per heavy atom. The molecule has 36 heavy (non-hydrogen) atoms. The fraction of sp³-hybridized carbons (Fsp3) is 0.357. The average Bonchev–Trinajstić information content (AvgIpc) is 3.44. The van der Waals surface area contributed by atoms with E-state index in [1.54, 1.807) is 17.0 Å². The summed E-state index contributed by atoms with van der Waals surface area (Å²) in [7, 11) is 3.91. The molecule has 2 aromatic carbocycles. The molecule has 0 bridgehead atoms. The quantitative estimate of drug-likeness (QED) is 0.482. The van der Waals surface area contributed by atoms with Gasteiger partial charge in [-0.25, -0.2) is 0 Å². The molecule has 1 unspecified atom stereocenters. The lowest BCUT2D eigenvalue weighted by atomic mass is 9.94. The summed E-state index contributed by atoms with van der Waals surface area (Å²) in [6.45, 7) is 4.37. The summed E-state index contributed by atoms with van der Waals surface area (Å²) in [6.07, 6.45) is 0.720. The molecule has 8 heteroatoms. The number of hydrogen-bond donors (Lipinski definition) is 1. The van der Waals surface area contributed by atoms with Crippen LogP contribution in [0.25, 0.3) is 11.0 Å². The second kappa shape index (κ2) is 10.2. The second-order valence-electron chi connectivity index (χ2n) is 9.43. The van der Waals surface area contributed by atoms with Crippen LogP contribution in [0.3, 0.4) is 0 Å². The summed E-state index contributed by atoms with van der Waals surface area (Å²) in [5, 5.41) is 11.7. The maximum atomic E-state index is 13.7. The first-order valence-corrected chi connectivity index (χ1v) is 12.3. The molecule has 3 aromatic rings. The Morgan fingerprint density at radius 2 is 1.78 bits per heavy atom. The van der Waals surface area contributed by atoms with Crippen molar-refractivity contribution in [2.75, 3.05) is 58.4 Å². The van der Waals surface area contributed by atoms with Crippen molar-refractivity contribution in [1.82, 2.24) is 9.80 Å². The predicted octanol–water partition coefficient (Wildman–Crippen LogP) is 3.80. The lowest BCUT2D eigenvalue weighted by Gasteiger charge is -2.30. The topological polar surface area (TPSA) is 86.5 Å². The molecule has 1 saturated heterocycles. The molecule has 1 N–H and O–H groups in total. The zero-order valence-electron chi connectivity index (χ0n) is 20.6. The van der Waals surface area contributed by atoms with Crippen molar-refractivity contribution in [1.29, 1.82) is 0 Å². The third-order valence-corrected chi connectivity index (χ3v) is 6.90. The van der Waals surface area contributed by atoms with Gasteiger partial charge >= 0.3 is 0 Å². The lowest BCUT2D eigenvalue weighted by Crippen LogP contribution is -2.39. The number of benzene rings is 2. The number of ketones is 1. The van der Waals surface area contributed by atoms with Crippen molar-refractivity contribution >= 4 is 28.3 Å². The van der Waals surface area contributed by atoms with E-state index in [-0.39, 0.29) is 11.3 Å². The Kier molecular flexibility index (Phi) is 6.80. The normalized spacial score (nSPS) is 18.9. The van der Waals surface area contributed by atoms with E-state index in [0.29, 0.717) is 25.3 Å². The van der Waals surface area contributed by atoms with E-state index in [1.807, 2.05) is 61.5 Å². The molecule has 188 valence electrons. The average molecular weight is 490 g/mol. The zero-order valence-corrected chi connectivity index (χ0v) is 20.6. The van der Waals surface area contributed by atoms with Gasteiger partial charge in [0.2, 0.25) is 5.78 Å². The third-order valence-electron chi connectivity index (χ3n) is 6.90. The number of amides is 1. The van der Waals surface area contributed by atoms with E-state index in [4.69, 9.17) is 9.15 Å². The van der Waals surface area contributed by atoms with E-state index >= 15 is 0 Å². The van der Waals surface area contributed by atoms with Gasteiger partial charge in [-0.1, -0.05) is 30.3 Å². The first-order valence-electron chi connectivity index (χ1n) is 12.3. The molecule has 2 aliphatic heterocycles. The number of Topliss-reactive ketones (excluding diaryl/α,β-unsaturated/α-hetero) is 1. The number of aliphatic hydroxyl groups excluding tert-OH is 1. The van der Waals surface area contributed by atoms with E-state index in [0.717, 1.165) is 42.7 Å². The molecule has 0 aliphatic carbocycles. The van der Waals surface area contributed by atoms with Crippen LogP contribution in [0.4, 0.5) is 5.69 Å². The Balaban J connectivity index is 1.46. The fourth-order valence-corrected chi connectivity index (χ4v) is 4.93. The molecule has 0 radical (unpaired) electrons. The minimum absolute atomic E-state index is 0.0584.